The number of carbonyl (C=O) groups excluding carboxylic acids is 1. The van der Waals surface area contributed by atoms with E-state index >= 15 is 0 Å². The largest absolute Gasteiger partial charge is 0.494 e. The molecule has 2 aliphatic rings. The van der Waals surface area contributed by atoms with Crippen LogP contribution in [0.25, 0.3) is 33.6 Å². The average Bonchev–Trinajstić information content (AvgIpc) is 3.57. The maximum atomic E-state index is 13.5. The van der Waals surface area contributed by atoms with Crippen LogP contribution in [0.2, 0.25) is 0 Å². The lowest BCUT2D eigenvalue weighted by molar-refractivity contribution is -0.139. The van der Waals surface area contributed by atoms with Crippen molar-refractivity contribution in [2.75, 3.05) is 20.2 Å². The van der Waals surface area contributed by atoms with E-state index in [9.17, 15) is 18.0 Å². The molecule has 0 spiro atoms. The fourth-order valence-corrected chi connectivity index (χ4v) is 6.23. The first-order valence-corrected chi connectivity index (χ1v) is 12.6. The van der Waals surface area contributed by atoms with Crippen LogP contribution in [0.3, 0.4) is 0 Å². The van der Waals surface area contributed by atoms with E-state index < -0.39 is 12.7 Å². The number of nitrogens with zero attached hydrogens (tertiary/aromatic N) is 5. The Morgan fingerprint density at radius 1 is 1.16 bits per heavy atom. The Morgan fingerprint density at radius 2 is 1.97 bits per heavy atom. The molecule has 4 heterocycles. The van der Waals surface area contributed by atoms with Crippen LogP contribution in [0.4, 0.5) is 13.2 Å². The first-order valence-electron chi connectivity index (χ1n) is 12.6. The highest BCUT2D eigenvalue weighted by atomic mass is 19.4. The summed E-state index contributed by atoms with van der Waals surface area (Å²) in [5.74, 6) is 2.01. The van der Waals surface area contributed by atoms with Gasteiger partial charge in [0.15, 0.2) is 5.82 Å². The third-order valence-electron chi connectivity index (χ3n) is 7.95. The van der Waals surface area contributed by atoms with Gasteiger partial charge in [0.05, 0.1) is 18.3 Å². The molecule has 0 N–H and O–H groups in total. The normalized spacial score (nSPS) is 20.1. The number of methoxy groups -OCH3 is 1. The van der Waals surface area contributed by atoms with Gasteiger partial charge in [-0.2, -0.15) is 13.2 Å². The number of amides is 1. The minimum atomic E-state index is -4.44. The molecular formula is C27H28F3N5O2. The smallest absolute Gasteiger partial charge is 0.406 e. The van der Waals surface area contributed by atoms with E-state index in [0.717, 1.165) is 30.0 Å². The van der Waals surface area contributed by atoms with Crippen molar-refractivity contribution in [1.82, 2.24) is 24.0 Å². The fourth-order valence-electron chi connectivity index (χ4n) is 6.23. The summed E-state index contributed by atoms with van der Waals surface area (Å²) in [5, 5.41) is 0.590. The molecule has 1 amide bonds. The number of halogens is 3. The molecule has 37 heavy (non-hydrogen) atoms. The Morgan fingerprint density at radius 3 is 2.76 bits per heavy atom. The highest BCUT2D eigenvalue weighted by Crippen LogP contribution is 2.39. The molecule has 7 nitrogen and oxygen atoms in total. The molecule has 1 aliphatic carbocycles. The van der Waals surface area contributed by atoms with Gasteiger partial charge in [-0.05, 0) is 55.0 Å². The number of aryl methyl sites for hydroxylation is 1. The number of carbonyl (C=O) groups is 1. The number of rotatable bonds is 4. The number of piperidine rings is 1. The lowest BCUT2D eigenvalue weighted by atomic mass is 9.88. The monoisotopic (exact) mass is 511 g/mol. The van der Waals surface area contributed by atoms with E-state index in [1.165, 1.54) is 32.6 Å². The zero-order valence-corrected chi connectivity index (χ0v) is 20.8. The first-order chi connectivity index (χ1) is 17.7. The molecule has 4 aromatic rings. The summed E-state index contributed by atoms with van der Waals surface area (Å²) < 4.78 is 49.1. The Kier molecular flexibility index (Phi) is 5.65. The third-order valence-corrected chi connectivity index (χ3v) is 7.95. The van der Waals surface area contributed by atoms with Gasteiger partial charge >= 0.3 is 6.18 Å². The number of hydrogen-bond donors (Lipinski definition) is 0. The topological polar surface area (TPSA) is 65.2 Å². The summed E-state index contributed by atoms with van der Waals surface area (Å²) in [6.07, 6.45) is 1.72. The summed E-state index contributed by atoms with van der Waals surface area (Å²) in [7, 11) is 3.26. The van der Waals surface area contributed by atoms with Crippen molar-refractivity contribution in [2.24, 2.45) is 18.9 Å². The van der Waals surface area contributed by atoms with Gasteiger partial charge in [-0.25, -0.2) is 9.97 Å². The van der Waals surface area contributed by atoms with Gasteiger partial charge in [0.25, 0.3) is 5.91 Å². The molecule has 0 radical (unpaired) electrons. The van der Waals surface area contributed by atoms with Crippen LogP contribution in [0.1, 0.15) is 36.0 Å². The molecule has 1 aliphatic heterocycles. The number of hydrogen-bond acceptors (Lipinski definition) is 4. The van der Waals surface area contributed by atoms with E-state index in [-0.39, 0.29) is 11.6 Å². The summed E-state index contributed by atoms with van der Waals surface area (Å²) in [5.41, 5.74) is 2.11. The maximum absolute atomic E-state index is 13.5. The van der Waals surface area contributed by atoms with Crippen molar-refractivity contribution >= 4 is 28.0 Å². The molecule has 194 valence electrons. The van der Waals surface area contributed by atoms with Gasteiger partial charge in [0, 0.05) is 37.3 Å². The minimum absolute atomic E-state index is 0.0619. The van der Waals surface area contributed by atoms with E-state index in [2.05, 4.69) is 4.98 Å². The number of likely N-dealkylation sites (tertiary alicyclic amines) is 1. The predicted octanol–water partition coefficient (Wildman–Crippen LogP) is 5.42. The molecule has 1 saturated carbocycles. The summed E-state index contributed by atoms with van der Waals surface area (Å²) in [6, 6.07) is 8.52. The van der Waals surface area contributed by atoms with Crippen LogP contribution in [-0.2, 0) is 13.6 Å². The van der Waals surface area contributed by atoms with Gasteiger partial charge in [0.2, 0.25) is 0 Å². The number of imidazole rings is 1. The Bertz CT molecular complexity index is 1510. The molecular weight excluding hydrogens is 483 g/mol. The van der Waals surface area contributed by atoms with Crippen molar-refractivity contribution in [1.29, 1.82) is 0 Å². The molecule has 0 bridgehead atoms. The standard InChI is InChI=1S/C27H28F3N5O2/c1-33-23-20(32-25(33)21-12-17-7-4-9-31-24(17)35(21)15-27(28,29)30)11-19(13-22(23)37-2)26(36)34-10-8-16-5-3-6-18(16)14-34/h4,7,9,11-13,16,18H,3,5-6,8,10,14-15H2,1-2H3/t16-,18+/m1/s1. The fraction of sp³-hybridized carbons (Fsp3) is 0.444. The summed E-state index contributed by atoms with van der Waals surface area (Å²) in [6.45, 7) is 0.310. The highest BCUT2D eigenvalue weighted by molar-refractivity contribution is 6.00. The summed E-state index contributed by atoms with van der Waals surface area (Å²) >= 11 is 0. The molecule has 1 aromatic carbocycles. The molecule has 3 aromatic heterocycles. The number of aromatic nitrogens is 4. The van der Waals surface area contributed by atoms with Crippen molar-refractivity contribution in [3.63, 3.8) is 0 Å². The van der Waals surface area contributed by atoms with Crippen LogP contribution in [-0.4, -0.2) is 56.3 Å². The predicted molar refractivity (Wildman–Crippen MR) is 133 cm³/mol. The van der Waals surface area contributed by atoms with Crippen molar-refractivity contribution in [3.05, 3.63) is 42.1 Å². The quantitative estimate of drug-likeness (QED) is 0.367. The van der Waals surface area contributed by atoms with E-state index in [4.69, 9.17) is 9.72 Å². The Hall–Kier alpha value is -3.56. The molecule has 6 rings (SSSR count). The van der Waals surface area contributed by atoms with Crippen molar-refractivity contribution < 1.29 is 22.7 Å². The van der Waals surface area contributed by atoms with Gasteiger partial charge in [-0.1, -0.05) is 12.8 Å². The molecule has 2 fully saturated rings. The van der Waals surface area contributed by atoms with Crippen molar-refractivity contribution in [2.45, 2.75) is 38.4 Å². The van der Waals surface area contributed by atoms with Crippen molar-refractivity contribution in [3.8, 4) is 17.3 Å². The molecule has 0 unspecified atom stereocenters. The number of fused-ring (bicyclic) bond motifs is 3. The Labute approximate surface area is 211 Å². The molecule has 10 heteroatoms. The SMILES string of the molecule is COc1cc(C(=O)N2CC[C@H]3CCC[C@H]3C2)cc2nc(-c3cc4cccnc4n3CC(F)(F)F)n(C)c12. The first kappa shape index (κ1) is 23.8. The van der Waals surface area contributed by atoms with E-state index in [0.29, 0.717) is 45.2 Å². The van der Waals surface area contributed by atoms with Crippen LogP contribution >= 0.6 is 0 Å². The number of benzene rings is 1. The lowest BCUT2D eigenvalue weighted by Gasteiger charge is -2.35. The average molecular weight is 512 g/mol. The minimum Gasteiger partial charge on any atom is -0.494 e. The van der Waals surface area contributed by atoms with Gasteiger partial charge in [-0.15, -0.1) is 0 Å². The third kappa shape index (κ3) is 4.12. The van der Waals surface area contributed by atoms with Gasteiger partial charge < -0.3 is 18.8 Å². The van der Waals surface area contributed by atoms with Gasteiger partial charge in [0.1, 0.15) is 23.5 Å². The number of ether oxygens (including phenoxy) is 1. The zero-order chi connectivity index (χ0) is 25.9. The van der Waals surface area contributed by atoms with Crippen LogP contribution < -0.4 is 4.74 Å². The zero-order valence-electron chi connectivity index (χ0n) is 20.8. The highest BCUT2D eigenvalue weighted by Gasteiger charge is 2.35. The second-order valence-electron chi connectivity index (χ2n) is 10.2. The lowest BCUT2D eigenvalue weighted by Crippen LogP contribution is -2.42. The van der Waals surface area contributed by atoms with Gasteiger partial charge in [-0.3, -0.25) is 4.79 Å². The summed E-state index contributed by atoms with van der Waals surface area (Å²) in [4.78, 5) is 24.3. The second-order valence-corrected chi connectivity index (χ2v) is 10.2. The van der Waals surface area contributed by atoms with Crippen LogP contribution in [0.5, 0.6) is 5.75 Å². The molecule has 1 saturated heterocycles. The second kappa shape index (κ2) is 8.78. The van der Waals surface area contributed by atoms with Crippen LogP contribution in [0, 0.1) is 11.8 Å². The van der Waals surface area contributed by atoms with E-state index in [1.807, 2.05) is 4.90 Å². The molecule has 2 atom stereocenters. The van der Waals surface area contributed by atoms with E-state index in [1.54, 1.807) is 41.9 Å². The van der Waals surface area contributed by atoms with Crippen LogP contribution in [0.15, 0.2) is 36.5 Å². The maximum Gasteiger partial charge on any atom is 0.406 e. The number of pyridine rings is 1. The Balaban J connectivity index is 1.44. The number of alkyl halides is 3.